The van der Waals surface area contributed by atoms with Crippen LogP contribution in [0.5, 0.6) is 0 Å². The number of carbonyl (C=O) groups excluding carboxylic acids is 2. The van der Waals surface area contributed by atoms with Crippen LogP contribution in [0, 0.1) is 0 Å². The van der Waals surface area contributed by atoms with Gasteiger partial charge in [-0.1, -0.05) is 0 Å². The summed E-state index contributed by atoms with van der Waals surface area (Å²) >= 11 is 0. The predicted molar refractivity (Wildman–Crippen MR) is 62.7 cm³/mol. The molecule has 0 aliphatic carbocycles. The number of urea groups is 1. The fourth-order valence-corrected chi connectivity index (χ4v) is 1.77. The fourth-order valence-electron chi connectivity index (χ4n) is 1.77. The van der Waals surface area contributed by atoms with Crippen LogP contribution in [0.3, 0.4) is 0 Å². The predicted octanol–water partition coefficient (Wildman–Crippen LogP) is -2.24. The molecule has 4 N–H and O–H groups in total. The van der Waals surface area contributed by atoms with Crippen molar-refractivity contribution in [2.75, 3.05) is 32.8 Å². The second-order valence-electron chi connectivity index (χ2n) is 4.11. The first-order valence-corrected chi connectivity index (χ1v) is 5.69. The largest absolute Gasteiger partial charge is 0.480 e. The van der Waals surface area contributed by atoms with E-state index in [0.717, 1.165) is 4.90 Å². The van der Waals surface area contributed by atoms with E-state index in [0.29, 0.717) is 4.90 Å². The van der Waals surface area contributed by atoms with Crippen molar-refractivity contribution in [1.82, 2.24) is 9.80 Å². The van der Waals surface area contributed by atoms with Gasteiger partial charge >= 0.3 is 18.0 Å². The first kappa shape index (κ1) is 15.7. The number of hydrogen-bond acceptors (Lipinski definition) is 5. The lowest BCUT2D eigenvalue weighted by Crippen LogP contribution is -2.59. The number of nitrogens with zero attached hydrogens (tertiary/aromatic N) is 2. The number of carbonyl (C=O) groups is 4. The minimum Gasteiger partial charge on any atom is -0.480 e. The maximum absolute atomic E-state index is 12.1. The number of morpholine rings is 1. The zero-order valence-electron chi connectivity index (χ0n) is 10.5. The van der Waals surface area contributed by atoms with Crippen molar-refractivity contribution in [3.8, 4) is 0 Å². The lowest BCUT2D eigenvalue weighted by Gasteiger charge is -2.36. The zero-order valence-corrected chi connectivity index (χ0v) is 10.5. The Labute approximate surface area is 113 Å². The lowest BCUT2D eigenvalue weighted by molar-refractivity contribution is -0.141. The van der Waals surface area contributed by atoms with Crippen LogP contribution in [0.2, 0.25) is 0 Å². The highest BCUT2D eigenvalue weighted by Crippen LogP contribution is 2.10. The number of carboxylic acids is 2. The Bertz CT molecular complexity index is 409. The van der Waals surface area contributed by atoms with Crippen molar-refractivity contribution >= 4 is 23.9 Å². The number of primary amides is 1. The molecule has 1 saturated heterocycles. The monoisotopic (exact) mass is 289 g/mol. The summed E-state index contributed by atoms with van der Waals surface area (Å²) in [5, 5.41) is 17.4. The zero-order chi connectivity index (χ0) is 15.3. The molecule has 20 heavy (non-hydrogen) atoms. The Morgan fingerprint density at radius 3 is 2.20 bits per heavy atom. The molecule has 0 spiro atoms. The van der Waals surface area contributed by atoms with Crippen LogP contribution in [-0.2, 0) is 19.1 Å². The standard InChI is InChI=1S/C10H15N3O7/c11-9(18)6-5-20-2-1-13(6)10(19)12(3-7(14)15)4-8(16)17/h6H,1-5H2,(H2,11,18)(H,14,15)(H,16,17). The number of rotatable bonds is 5. The molecule has 1 rings (SSSR count). The summed E-state index contributed by atoms with van der Waals surface area (Å²) in [5.41, 5.74) is 5.13. The Hall–Kier alpha value is -2.36. The highest BCUT2D eigenvalue weighted by atomic mass is 16.5. The molecule has 0 aromatic carbocycles. The summed E-state index contributed by atoms with van der Waals surface area (Å²) in [6.07, 6.45) is 0. The smallest absolute Gasteiger partial charge is 0.323 e. The summed E-state index contributed by atoms with van der Waals surface area (Å²) in [6, 6.07) is -1.91. The number of carboxylic acid groups (broad SMARTS) is 2. The van der Waals surface area contributed by atoms with Crippen LogP contribution < -0.4 is 5.73 Å². The average Bonchev–Trinajstić information content (AvgIpc) is 2.36. The van der Waals surface area contributed by atoms with Crippen molar-refractivity contribution in [1.29, 1.82) is 0 Å². The van der Waals surface area contributed by atoms with Crippen LogP contribution in [0.25, 0.3) is 0 Å². The van der Waals surface area contributed by atoms with E-state index in [1.807, 2.05) is 0 Å². The van der Waals surface area contributed by atoms with Gasteiger partial charge in [0.05, 0.1) is 13.2 Å². The second kappa shape index (κ2) is 6.70. The normalized spacial score (nSPS) is 18.4. The van der Waals surface area contributed by atoms with E-state index in [1.165, 1.54) is 0 Å². The molecule has 1 atom stereocenters. The van der Waals surface area contributed by atoms with Gasteiger partial charge < -0.3 is 30.5 Å². The Kier molecular flexibility index (Phi) is 5.26. The van der Waals surface area contributed by atoms with Crippen LogP contribution in [0.1, 0.15) is 0 Å². The molecule has 0 aromatic rings. The molecule has 0 radical (unpaired) electrons. The van der Waals surface area contributed by atoms with E-state index in [9.17, 15) is 19.2 Å². The molecule has 0 saturated carbocycles. The van der Waals surface area contributed by atoms with Gasteiger partial charge in [0.2, 0.25) is 5.91 Å². The van der Waals surface area contributed by atoms with Crippen molar-refractivity contribution < 1.29 is 34.1 Å². The highest BCUT2D eigenvalue weighted by molar-refractivity contribution is 5.89. The van der Waals surface area contributed by atoms with Gasteiger partial charge in [-0.3, -0.25) is 14.4 Å². The molecule has 0 aromatic heterocycles. The number of hydrogen-bond donors (Lipinski definition) is 3. The van der Waals surface area contributed by atoms with Crippen LogP contribution >= 0.6 is 0 Å². The van der Waals surface area contributed by atoms with E-state index in [1.54, 1.807) is 0 Å². The first-order valence-electron chi connectivity index (χ1n) is 5.69. The molecule has 0 bridgehead atoms. The summed E-state index contributed by atoms with van der Waals surface area (Å²) < 4.78 is 5.02. The molecular formula is C10H15N3O7. The fraction of sp³-hybridized carbons (Fsp3) is 0.600. The highest BCUT2D eigenvalue weighted by Gasteiger charge is 2.35. The molecule has 1 aliphatic heterocycles. The van der Waals surface area contributed by atoms with Crippen LogP contribution in [-0.4, -0.2) is 82.8 Å². The van der Waals surface area contributed by atoms with Gasteiger partial charge in [-0.2, -0.15) is 0 Å². The topological polar surface area (TPSA) is 150 Å². The van der Waals surface area contributed by atoms with Crippen molar-refractivity contribution in [2.24, 2.45) is 5.73 Å². The van der Waals surface area contributed by atoms with Crippen molar-refractivity contribution in [3.05, 3.63) is 0 Å². The molecular weight excluding hydrogens is 274 g/mol. The van der Waals surface area contributed by atoms with Gasteiger partial charge in [0.1, 0.15) is 19.1 Å². The third-order valence-electron chi connectivity index (χ3n) is 2.63. The molecule has 1 fully saturated rings. The summed E-state index contributed by atoms with van der Waals surface area (Å²) in [6.45, 7) is -1.48. The van der Waals surface area contributed by atoms with Crippen LogP contribution in [0.15, 0.2) is 0 Å². The minimum absolute atomic E-state index is 0.0299. The maximum Gasteiger partial charge on any atom is 0.323 e. The quantitative estimate of drug-likeness (QED) is 0.517. The van der Waals surface area contributed by atoms with Crippen molar-refractivity contribution in [3.63, 3.8) is 0 Å². The molecule has 10 heteroatoms. The van der Waals surface area contributed by atoms with E-state index in [2.05, 4.69) is 0 Å². The van der Waals surface area contributed by atoms with E-state index in [-0.39, 0.29) is 19.8 Å². The molecule has 1 aliphatic rings. The molecule has 1 unspecified atom stereocenters. The maximum atomic E-state index is 12.1. The minimum atomic E-state index is -1.36. The van der Waals surface area contributed by atoms with Gasteiger partial charge in [-0.15, -0.1) is 0 Å². The summed E-state index contributed by atoms with van der Waals surface area (Å²) in [7, 11) is 0. The Balaban J connectivity index is 2.87. The molecule has 1 heterocycles. The number of amides is 3. The second-order valence-corrected chi connectivity index (χ2v) is 4.11. The Morgan fingerprint density at radius 1 is 1.20 bits per heavy atom. The summed E-state index contributed by atoms with van der Waals surface area (Å²) in [5.74, 6) is -3.52. The lowest BCUT2D eigenvalue weighted by atomic mass is 10.2. The van der Waals surface area contributed by atoms with Gasteiger partial charge in [0.15, 0.2) is 0 Å². The SMILES string of the molecule is NC(=O)C1COCCN1C(=O)N(CC(=O)O)CC(=O)O. The first-order chi connectivity index (χ1) is 9.32. The van der Waals surface area contributed by atoms with Gasteiger partial charge in [-0.25, -0.2) is 4.79 Å². The van der Waals surface area contributed by atoms with E-state index in [4.69, 9.17) is 20.7 Å². The van der Waals surface area contributed by atoms with Crippen LogP contribution in [0.4, 0.5) is 4.79 Å². The summed E-state index contributed by atoms with van der Waals surface area (Å²) in [4.78, 5) is 46.4. The number of nitrogens with two attached hydrogens (primary N) is 1. The van der Waals surface area contributed by atoms with Crippen molar-refractivity contribution in [2.45, 2.75) is 6.04 Å². The van der Waals surface area contributed by atoms with Gasteiger partial charge in [0.25, 0.3) is 0 Å². The molecule has 112 valence electrons. The van der Waals surface area contributed by atoms with Gasteiger partial charge in [0, 0.05) is 6.54 Å². The average molecular weight is 289 g/mol. The number of ether oxygens (including phenoxy) is 1. The van der Waals surface area contributed by atoms with Gasteiger partial charge in [-0.05, 0) is 0 Å². The third kappa shape index (κ3) is 4.09. The van der Waals surface area contributed by atoms with E-state index >= 15 is 0 Å². The number of aliphatic carboxylic acids is 2. The third-order valence-corrected chi connectivity index (χ3v) is 2.63. The molecule has 10 nitrogen and oxygen atoms in total. The van der Waals surface area contributed by atoms with E-state index < -0.39 is 43.0 Å². The molecule has 3 amide bonds. The Morgan fingerprint density at radius 2 is 1.75 bits per heavy atom.